The summed E-state index contributed by atoms with van der Waals surface area (Å²) in [5.74, 6) is 0. The summed E-state index contributed by atoms with van der Waals surface area (Å²) in [6, 6.07) is 0.275. The monoisotopic (exact) mass is 432 g/mol. The zero-order valence-corrected chi connectivity index (χ0v) is 23.3. The zero-order chi connectivity index (χ0) is 22.2. The third-order valence-corrected chi connectivity index (χ3v) is 15.6. The van der Waals surface area contributed by atoms with Crippen LogP contribution in [0.4, 0.5) is 0 Å². The molecular weight excluding hydrogens is 380 g/mol. The molecule has 28 heavy (non-hydrogen) atoms. The van der Waals surface area contributed by atoms with E-state index >= 15 is 0 Å². The molecule has 0 unspecified atom stereocenters. The van der Waals surface area contributed by atoms with Crippen LogP contribution in [0.25, 0.3) is 0 Å². The molecule has 0 radical (unpaired) electrons. The van der Waals surface area contributed by atoms with E-state index in [0.29, 0.717) is 0 Å². The van der Waals surface area contributed by atoms with Crippen molar-refractivity contribution < 1.29 is 8.85 Å². The second kappa shape index (κ2) is 11.6. The summed E-state index contributed by atoms with van der Waals surface area (Å²) >= 11 is 0. The highest BCUT2D eigenvalue weighted by molar-refractivity contribution is 6.74. The van der Waals surface area contributed by atoms with Gasteiger partial charge in [0.25, 0.3) is 0 Å². The first-order valence-corrected chi connectivity index (χ1v) is 17.0. The van der Waals surface area contributed by atoms with Crippen molar-refractivity contribution in [2.24, 2.45) is 0 Å². The fourth-order valence-electron chi connectivity index (χ4n) is 2.25. The Bertz CT molecular complexity index is 397. The van der Waals surface area contributed by atoms with Gasteiger partial charge in [-0.25, -0.2) is 0 Å². The standard InChI is InChI=1S/C22H52N2O2Si2/c1-21(2,3)27(9,10)25-18-20(19-26-28(11,12)22(4,5)6)23-16-14-13-15-17-24(7)8/h20,23H,13-19H2,1-12H3. The van der Waals surface area contributed by atoms with Crippen molar-refractivity contribution in [3.8, 4) is 0 Å². The van der Waals surface area contributed by atoms with E-state index in [0.717, 1.165) is 19.8 Å². The second-order valence-electron chi connectivity index (χ2n) is 11.7. The third-order valence-electron chi connectivity index (χ3n) is 6.62. The highest BCUT2D eigenvalue weighted by Crippen LogP contribution is 2.37. The number of unbranched alkanes of at least 4 members (excludes halogenated alkanes) is 2. The summed E-state index contributed by atoms with van der Waals surface area (Å²) in [4.78, 5) is 2.26. The van der Waals surface area contributed by atoms with Crippen molar-refractivity contribution in [2.75, 3.05) is 40.4 Å². The van der Waals surface area contributed by atoms with Gasteiger partial charge >= 0.3 is 0 Å². The zero-order valence-electron chi connectivity index (χ0n) is 21.3. The maximum Gasteiger partial charge on any atom is 0.192 e. The van der Waals surface area contributed by atoms with Gasteiger partial charge in [0.05, 0.1) is 19.3 Å². The van der Waals surface area contributed by atoms with Gasteiger partial charge in [0.2, 0.25) is 0 Å². The third kappa shape index (κ3) is 10.9. The predicted molar refractivity (Wildman–Crippen MR) is 130 cm³/mol. The fraction of sp³-hybridized carbons (Fsp3) is 1.00. The van der Waals surface area contributed by atoms with E-state index in [2.05, 4.69) is 92.0 Å². The van der Waals surface area contributed by atoms with Gasteiger partial charge in [-0.15, -0.1) is 0 Å². The van der Waals surface area contributed by atoms with Crippen molar-refractivity contribution in [1.82, 2.24) is 10.2 Å². The molecule has 170 valence electrons. The summed E-state index contributed by atoms with van der Waals surface area (Å²) in [6.07, 6.45) is 3.74. The van der Waals surface area contributed by atoms with Crippen molar-refractivity contribution in [3.05, 3.63) is 0 Å². The SMILES string of the molecule is CN(C)CCCCCNC(CO[Si](C)(C)C(C)(C)C)CO[Si](C)(C)C(C)(C)C. The van der Waals surface area contributed by atoms with Gasteiger partial charge in [0, 0.05) is 0 Å². The molecule has 0 bridgehead atoms. The van der Waals surface area contributed by atoms with Crippen LogP contribution in [-0.2, 0) is 8.85 Å². The Morgan fingerprint density at radius 3 is 1.54 bits per heavy atom. The minimum atomic E-state index is -1.74. The van der Waals surface area contributed by atoms with Crippen molar-refractivity contribution in [3.63, 3.8) is 0 Å². The van der Waals surface area contributed by atoms with Gasteiger partial charge in [-0.3, -0.25) is 0 Å². The van der Waals surface area contributed by atoms with Gasteiger partial charge in [0.15, 0.2) is 16.6 Å². The van der Waals surface area contributed by atoms with Gasteiger partial charge in [-0.1, -0.05) is 48.0 Å². The predicted octanol–water partition coefficient (Wildman–Crippen LogP) is 5.72. The molecule has 0 aromatic carbocycles. The first-order valence-electron chi connectivity index (χ1n) is 11.2. The van der Waals surface area contributed by atoms with Crippen molar-refractivity contribution >= 4 is 16.6 Å². The summed E-state index contributed by atoms with van der Waals surface area (Å²) < 4.78 is 13.0. The number of hydrogen-bond donors (Lipinski definition) is 1. The average Bonchev–Trinajstić information content (AvgIpc) is 2.49. The molecule has 0 amide bonds. The summed E-state index contributed by atoms with van der Waals surface area (Å²) in [6.45, 7) is 26.9. The van der Waals surface area contributed by atoms with Crippen LogP contribution >= 0.6 is 0 Å². The van der Waals surface area contributed by atoms with Crippen LogP contribution in [0.5, 0.6) is 0 Å². The van der Waals surface area contributed by atoms with E-state index in [1.165, 1.54) is 25.8 Å². The van der Waals surface area contributed by atoms with Crippen LogP contribution < -0.4 is 5.32 Å². The van der Waals surface area contributed by atoms with E-state index in [1.807, 2.05) is 0 Å². The Labute approximate surface area is 179 Å². The van der Waals surface area contributed by atoms with E-state index < -0.39 is 16.6 Å². The molecule has 0 aromatic heterocycles. The van der Waals surface area contributed by atoms with E-state index in [-0.39, 0.29) is 16.1 Å². The maximum atomic E-state index is 6.52. The van der Waals surface area contributed by atoms with Crippen LogP contribution in [0.3, 0.4) is 0 Å². The largest absolute Gasteiger partial charge is 0.415 e. The quantitative estimate of drug-likeness (QED) is 0.298. The normalized spacial score (nSPS) is 14.4. The number of nitrogens with one attached hydrogen (secondary N) is 1. The van der Waals surface area contributed by atoms with Crippen LogP contribution in [0.1, 0.15) is 60.8 Å². The number of nitrogens with zero attached hydrogens (tertiary/aromatic N) is 1. The molecule has 6 heteroatoms. The number of rotatable bonds is 13. The molecule has 0 saturated heterocycles. The molecule has 0 fully saturated rings. The first-order chi connectivity index (χ1) is 12.5. The van der Waals surface area contributed by atoms with Gasteiger partial charge in [-0.2, -0.15) is 0 Å². The lowest BCUT2D eigenvalue weighted by Crippen LogP contribution is -2.49. The van der Waals surface area contributed by atoms with Crippen LogP contribution in [0, 0.1) is 0 Å². The van der Waals surface area contributed by atoms with Crippen LogP contribution in [0.15, 0.2) is 0 Å². The molecule has 0 aliphatic heterocycles. The molecule has 0 atom stereocenters. The molecular formula is C22H52N2O2Si2. The minimum Gasteiger partial charge on any atom is -0.415 e. The Morgan fingerprint density at radius 2 is 1.18 bits per heavy atom. The molecule has 0 aliphatic carbocycles. The second-order valence-corrected chi connectivity index (χ2v) is 21.3. The summed E-state index contributed by atoms with van der Waals surface area (Å²) in [5.41, 5.74) is 0. The van der Waals surface area contributed by atoms with Gasteiger partial charge in [0.1, 0.15) is 0 Å². The molecule has 0 heterocycles. The molecule has 0 rings (SSSR count). The van der Waals surface area contributed by atoms with E-state index in [1.54, 1.807) is 0 Å². The number of hydrogen-bond acceptors (Lipinski definition) is 4. The molecule has 4 nitrogen and oxygen atoms in total. The Hall–Kier alpha value is 0.274. The maximum absolute atomic E-state index is 6.52. The van der Waals surface area contributed by atoms with Crippen molar-refractivity contribution in [2.45, 2.75) is 103 Å². The fourth-order valence-corrected chi connectivity index (χ4v) is 4.35. The summed E-state index contributed by atoms with van der Waals surface area (Å²) in [7, 11) is 0.804. The lowest BCUT2D eigenvalue weighted by atomic mass is 10.2. The first kappa shape index (κ1) is 28.3. The minimum absolute atomic E-state index is 0.240. The van der Waals surface area contributed by atoms with Gasteiger partial charge in [-0.05, 0) is 76.3 Å². The van der Waals surface area contributed by atoms with Gasteiger partial charge < -0.3 is 19.1 Å². The average molecular weight is 433 g/mol. The Balaban J connectivity index is 4.70. The lowest BCUT2D eigenvalue weighted by molar-refractivity contribution is 0.176. The Kier molecular flexibility index (Phi) is 11.7. The highest BCUT2D eigenvalue weighted by Gasteiger charge is 2.39. The highest BCUT2D eigenvalue weighted by atomic mass is 28.4. The Morgan fingerprint density at radius 1 is 0.750 bits per heavy atom. The van der Waals surface area contributed by atoms with Crippen molar-refractivity contribution in [1.29, 1.82) is 0 Å². The van der Waals surface area contributed by atoms with E-state index in [9.17, 15) is 0 Å². The molecule has 0 saturated carbocycles. The summed E-state index contributed by atoms with van der Waals surface area (Å²) in [5, 5.41) is 4.22. The van der Waals surface area contributed by atoms with Crippen LogP contribution in [0.2, 0.25) is 36.3 Å². The lowest BCUT2D eigenvalue weighted by Gasteiger charge is -2.39. The molecule has 1 N–H and O–H groups in total. The van der Waals surface area contributed by atoms with E-state index in [4.69, 9.17) is 8.85 Å². The smallest absolute Gasteiger partial charge is 0.192 e. The topological polar surface area (TPSA) is 33.7 Å². The molecule has 0 aromatic rings. The molecule has 0 aliphatic rings. The molecule has 0 spiro atoms. The van der Waals surface area contributed by atoms with Crippen LogP contribution in [-0.4, -0.2) is 68.0 Å².